The van der Waals surface area contributed by atoms with Gasteiger partial charge in [0.2, 0.25) is 5.91 Å². The number of rotatable bonds is 5. The van der Waals surface area contributed by atoms with Crippen molar-refractivity contribution in [2.75, 3.05) is 17.3 Å². The molecule has 0 aliphatic heterocycles. The highest BCUT2D eigenvalue weighted by atomic mass is 127. The van der Waals surface area contributed by atoms with Crippen LogP contribution in [0.3, 0.4) is 0 Å². The SMILES string of the molecule is CS(=O)(=O)c1ccccc1SCC(=O)Nc1ccc(I)cc1. The number of carbonyl (C=O) groups is 1. The van der Waals surface area contributed by atoms with Crippen molar-refractivity contribution in [2.24, 2.45) is 0 Å². The molecule has 2 aromatic carbocycles. The quantitative estimate of drug-likeness (QED) is 0.564. The zero-order valence-electron chi connectivity index (χ0n) is 11.7. The lowest BCUT2D eigenvalue weighted by Crippen LogP contribution is -2.14. The first-order chi connectivity index (χ1) is 10.4. The van der Waals surface area contributed by atoms with E-state index in [9.17, 15) is 13.2 Å². The maximum Gasteiger partial charge on any atom is 0.234 e. The van der Waals surface area contributed by atoms with Gasteiger partial charge in [-0.25, -0.2) is 8.42 Å². The first-order valence-electron chi connectivity index (χ1n) is 6.33. The van der Waals surface area contributed by atoms with Crippen molar-refractivity contribution < 1.29 is 13.2 Å². The standard InChI is InChI=1S/C15H14INO3S2/c1-22(19,20)14-5-3-2-4-13(14)21-10-15(18)17-12-8-6-11(16)7-9-12/h2-9H,10H2,1H3,(H,17,18). The first-order valence-corrected chi connectivity index (χ1v) is 10.3. The number of sulfone groups is 1. The van der Waals surface area contributed by atoms with E-state index in [1.54, 1.807) is 24.3 Å². The van der Waals surface area contributed by atoms with E-state index in [0.717, 1.165) is 15.5 Å². The van der Waals surface area contributed by atoms with Crippen LogP contribution in [0.4, 0.5) is 5.69 Å². The smallest absolute Gasteiger partial charge is 0.234 e. The summed E-state index contributed by atoms with van der Waals surface area (Å²) in [6.45, 7) is 0. The van der Waals surface area contributed by atoms with Gasteiger partial charge in [0.05, 0.1) is 10.6 Å². The largest absolute Gasteiger partial charge is 0.325 e. The second-order valence-electron chi connectivity index (χ2n) is 4.56. The van der Waals surface area contributed by atoms with Gasteiger partial charge in [-0.05, 0) is 59.0 Å². The Morgan fingerprint density at radius 3 is 2.41 bits per heavy atom. The zero-order chi connectivity index (χ0) is 16.2. The summed E-state index contributed by atoms with van der Waals surface area (Å²) in [5.41, 5.74) is 0.724. The average Bonchev–Trinajstić information content (AvgIpc) is 2.47. The van der Waals surface area contributed by atoms with Crippen LogP contribution in [-0.4, -0.2) is 26.3 Å². The molecule has 1 N–H and O–H groups in total. The summed E-state index contributed by atoms with van der Waals surface area (Å²) in [5, 5.41) is 2.79. The van der Waals surface area contributed by atoms with Crippen molar-refractivity contribution >= 4 is 55.8 Å². The lowest BCUT2D eigenvalue weighted by molar-refractivity contribution is -0.113. The molecule has 0 unspecified atom stereocenters. The van der Waals surface area contributed by atoms with E-state index in [0.29, 0.717) is 4.90 Å². The van der Waals surface area contributed by atoms with E-state index < -0.39 is 9.84 Å². The Labute approximate surface area is 147 Å². The average molecular weight is 447 g/mol. The molecule has 0 fully saturated rings. The van der Waals surface area contributed by atoms with Crippen LogP contribution in [-0.2, 0) is 14.6 Å². The van der Waals surface area contributed by atoms with Crippen LogP contribution in [0.2, 0.25) is 0 Å². The van der Waals surface area contributed by atoms with Crippen LogP contribution in [0, 0.1) is 3.57 Å². The highest BCUT2D eigenvalue weighted by Crippen LogP contribution is 2.26. The second-order valence-corrected chi connectivity index (χ2v) is 8.81. The molecular weight excluding hydrogens is 433 g/mol. The van der Waals surface area contributed by atoms with Crippen LogP contribution < -0.4 is 5.32 Å². The van der Waals surface area contributed by atoms with E-state index >= 15 is 0 Å². The van der Waals surface area contributed by atoms with Crippen molar-refractivity contribution in [1.29, 1.82) is 0 Å². The number of anilines is 1. The lowest BCUT2D eigenvalue weighted by Gasteiger charge is -2.08. The molecule has 0 aliphatic carbocycles. The Morgan fingerprint density at radius 1 is 1.14 bits per heavy atom. The fourth-order valence-electron chi connectivity index (χ4n) is 1.75. The van der Waals surface area contributed by atoms with Crippen LogP contribution in [0.25, 0.3) is 0 Å². The van der Waals surface area contributed by atoms with Gasteiger partial charge in [0.1, 0.15) is 0 Å². The molecule has 0 aromatic heterocycles. The van der Waals surface area contributed by atoms with Gasteiger partial charge in [-0.2, -0.15) is 0 Å². The third kappa shape index (κ3) is 4.99. The molecular formula is C15H14INO3S2. The van der Waals surface area contributed by atoms with E-state index in [4.69, 9.17) is 0 Å². The maximum atomic E-state index is 11.9. The summed E-state index contributed by atoms with van der Waals surface area (Å²) >= 11 is 3.40. The summed E-state index contributed by atoms with van der Waals surface area (Å²) in [5.74, 6) is -0.0204. The van der Waals surface area contributed by atoms with E-state index in [1.165, 1.54) is 11.8 Å². The molecule has 0 aliphatic rings. The Bertz CT molecular complexity index is 774. The third-order valence-corrected chi connectivity index (χ3v) is 5.81. The maximum absolute atomic E-state index is 11.9. The van der Waals surface area contributed by atoms with Crippen molar-refractivity contribution in [1.82, 2.24) is 0 Å². The molecule has 0 saturated heterocycles. The number of thioether (sulfide) groups is 1. The molecule has 4 nitrogen and oxygen atoms in total. The minimum Gasteiger partial charge on any atom is -0.325 e. The summed E-state index contributed by atoms with van der Waals surface area (Å²) in [6.07, 6.45) is 1.16. The third-order valence-electron chi connectivity index (χ3n) is 2.74. The van der Waals surface area contributed by atoms with Gasteiger partial charge in [0.25, 0.3) is 0 Å². The molecule has 2 rings (SSSR count). The minimum absolute atomic E-state index is 0.151. The molecule has 7 heteroatoms. The number of hydrogen-bond acceptors (Lipinski definition) is 4. The van der Waals surface area contributed by atoms with E-state index in [-0.39, 0.29) is 16.6 Å². The molecule has 0 bridgehead atoms. The summed E-state index contributed by atoms with van der Waals surface area (Å²) in [6, 6.07) is 14.2. The van der Waals surface area contributed by atoms with Gasteiger partial charge in [-0.3, -0.25) is 4.79 Å². The van der Waals surface area contributed by atoms with Crippen molar-refractivity contribution in [3.05, 3.63) is 52.1 Å². The van der Waals surface area contributed by atoms with Crippen molar-refractivity contribution in [3.63, 3.8) is 0 Å². The monoisotopic (exact) mass is 447 g/mol. The topological polar surface area (TPSA) is 63.2 Å². The highest BCUT2D eigenvalue weighted by molar-refractivity contribution is 14.1. The number of nitrogens with one attached hydrogen (secondary N) is 1. The molecule has 0 spiro atoms. The number of carbonyl (C=O) groups excluding carboxylic acids is 1. The minimum atomic E-state index is -3.30. The number of halogens is 1. The normalized spacial score (nSPS) is 11.2. The Kier molecular flexibility index (Phi) is 5.87. The number of hydrogen-bond donors (Lipinski definition) is 1. The Balaban J connectivity index is 2.01. The first kappa shape index (κ1) is 17.3. The van der Waals surface area contributed by atoms with Crippen molar-refractivity contribution in [2.45, 2.75) is 9.79 Å². The highest BCUT2D eigenvalue weighted by Gasteiger charge is 2.14. The van der Waals surface area contributed by atoms with E-state index in [2.05, 4.69) is 27.9 Å². The van der Waals surface area contributed by atoms with Gasteiger partial charge in [0, 0.05) is 20.4 Å². The van der Waals surface area contributed by atoms with Crippen LogP contribution in [0.1, 0.15) is 0 Å². The molecule has 0 atom stereocenters. The van der Waals surface area contributed by atoms with Gasteiger partial charge in [-0.1, -0.05) is 12.1 Å². The fourth-order valence-corrected chi connectivity index (χ4v) is 4.24. The summed E-state index contributed by atoms with van der Waals surface area (Å²) < 4.78 is 24.5. The predicted octanol–water partition coefficient (Wildman–Crippen LogP) is 3.43. The molecule has 0 saturated carbocycles. The Hall–Kier alpha value is -1.06. The Morgan fingerprint density at radius 2 is 1.77 bits per heavy atom. The second kappa shape index (κ2) is 7.47. The van der Waals surface area contributed by atoms with Crippen molar-refractivity contribution in [3.8, 4) is 0 Å². The van der Waals surface area contributed by atoms with Crippen LogP contribution in [0.15, 0.2) is 58.3 Å². The molecule has 0 heterocycles. The van der Waals surface area contributed by atoms with E-state index in [1.807, 2.05) is 24.3 Å². The van der Waals surface area contributed by atoms with Gasteiger partial charge in [-0.15, -0.1) is 11.8 Å². The number of benzene rings is 2. The predicted molar refractivity (Wildman–Crippen MR) is 98.1 cm³/mol. The van der Waals surface area contributed by atoms with Crippen LogP contribution >= 0.6 is 34.4 Å². The van der Waals surface area contributed by atoms with Gasteiger partial charge < -0.3 is 5.32 Å². The molecule has 0 radical (unpaired) electrons. The molecule has 2 aromatic rings. The fraction of sp³-hybridized carbons (Fsp3) is 0.133. The van der Waals surface area contributed by atoms with Gasteiger partial charge >= 0.3 is 0 Å². The van der Waals surface area contributed by atoms with Gasteiger partial charge in [0.15, 0.2) is 9.84 Å². The zero-order valence-corrected chi connectivity index (χ0v) is 15.5. The molecule has 22 heavy (non-hydrogen) atoms. The molecule has 116 valence electrons. The summed E-state index contributed by atoms with van der Waals surface area (Å²) in [4.78, 5) is 12.8. The lowest BCUT2D eigenvalue weighted by atomic mass is 10.3. The number of amides is 1. The summed E-state index contributed by atoms with van der Waals surface area (Å²) in [7, 11) is -3.30. The molecule has 1 amide bonds. The van der Waals surface area contributed by atoms with Crippen LogP contribution in [0.5, 0.6) is 0 Å².